The molecule has 0 saturated carbocycles. The Labute approximate surface area is 114 Å². The van der Waals surface area contributed by atoms with Crippen molar-refractivity contribution in [2.45, 2.75) is 26.4 Å². The number of nitrogens with one attached hydrogen (secondary N) is 1. The van der Waals surface area contributed by atoms with E-state index in [1.165, 1.54) is 0 Å². The molecule has 106 valence electrons. The molecule has 1 saturated heterocycles. The summed E-state index contributed by atoms with van der Waals surface area (Å²) >= 11 is 0. The van der Waals surface area contributed by atoms with Crippen LogP contribution in [0.2, 0.25) is 0 Å². The standard InChI is InChI=1S/C12H20N4O2S/c1-10(2)14-8-11-7-13-9-12(15-11)16-3-5-19(17,18)6-4-16/h7,9-10,14H,3-6,8H2,1-2H3. The second-order valence-electron chi connectivity index (χ2n) is 5.04. The quantitative estimate of drug-likeness (QED) is 0.852. The second-order valence-corrected chi connectivity index (χ2v) is 7.35. The van der Waals surface area contributed by atoms with Crippen molar-refractivity contribution in [2.24, 2.45) is 0 Å². The molecule has 0 radical (unpaired) electrons. The first-order chi connectivity index (χ1) is 8.96. The van der Waals surface area contributed by atoms with Gasteiger partial charge in [0.25, 0.3) is 0 Å². The first-order valence-electron chi connectivity index (χ1n) is 6.46. The van der Waals surface area contributed by atoms with E-state index < -0.39 is 9.84 Å². The molecule has 0 unspecified atom stereocenters. The van der Waals surface area contributed by atoms with Crippen LogP contribution in [-0.2, 0) is 16.4 Å². The maximum absolute atomic E-state index is 11.4. The molecule has 19 heavy (non-hydrogen) atoms. The summed E-state index contributed by atoms with van der Waals surface area (Å²) in [5.74, 6) is 1.16. The van der Waals surface area contributed by atoms with Gasteiger partial charge in [0, 0.05) is 31.9 Å². The lowest BCUT2D eigenvalue weighted by Crippen LogP contribution is -2.40. The van der Waals surface area contributed by atoms with Crippen molar-refractivity contribution in [1.82, 2.24) is 15.3 Å². The van der Waals surface area contributed by atoms with Crippen LogP contribution in [0, 0.1) is 0 Å². The van der Waals surface area contributed by atoms with Crippen LogP contribution >= 0.6 is 0 Å². The van der Waals surface area contributed by atoms with Crippen molar-refractivity contribution in [1.29, 1.82) is 0 Å². The van der Waals surface area contributed by atoms with Gasteiger partial charge in [0.15, 0.2) is 9.84 Å². The van der Waals surface area contributed by atoms with Crippen molar-refractivity contribution in [3.05, 3.63) is 18.1 Å². The monoisotopic (exact) mass is 284 g/mol. The number of nitrogens with zero attached hydrogens (tertiary/aromatic N) is 3. The zero-order valence-electron chi connectivity index (χ0n) is 11.3. The fraction of sp³-hybridized carbons (Fsp3) is 0.667. The van der Waals surface area contributed by atoms with E-state index in [1.54, 1.807) is 12.4 Å². The van der Waals surface area contributed by atoms with Gasteiger partial charge in [-0.05, 0) is 0 Å². The van der Waals surface area contributed by atoms with E-state index in [0.29, 0.717) is 25.7 Å². The summed E-state index contributed by atoms with van der Waals surface area (Å²) in [4.78, 5) is 10.7. The molecule has 2 heterocycles. The maximum Gasteiger partial charge on any atom is 0.153 e. The van der Waals surface area contributed by atoms with Gasteiger partial charge in [-0.25, -0.2) is 13.4 Å². The average molecular weight is 284 g/mol. The fourth-order valence-corrected chi connectivity index (χ4v) is 3.08. The molecule has 6 nitrogen and oxygen atoms in total. The van der Waals surface area contributed by atoms with Crippen LogP contribution in [0.5, 0.6) is 0 Å². The zero-order chi connectivity index (χ0) is 13.9. The van der Waals surface area contributed by atoms with Crippen LogP contribution in [0.3, 0.4) is 0 Å². The van der Waals surface area contributed by atoms with Gasteiger partial charge in [-0.3, -0.25) is 4.98 Å². The molecule has 1 aromatic heterocycles. The van der Waals surface area contributed by atoms with Gasteiger partial charge in [0.2, 0.25) is 0 Å². The topological polar surface area (TPSA) is 75.2 Å². The minimum absolute atomic E-state index is 0.198. The summed E-state index contributed by atoms with van der Waals surface area (Å²) in [5.41, 5.74) is 0.875. The summed E-state index contributed by atoms with van der Waals surface area (Å²) in [6, 6.07) is 0.394. The van der Waals surface area contributed by atoms with E-state index in [2.05, 4.69) is 29.1 Å². The van der Waals surface area contributed by atoms with Crippen molar-refractivity contribution < 1.29 is 8.42 Å². The van der Waals surface area contributed by atoms with E-state index in [-0.39, 0.29) is 11.5 Å². The predicted molar refractivity (Wildman–Crippen MR) is 74.9 cm³/mol. The maximum atomic E-state index is 11.4. The lowest BCUT2D eigenvalue weighted by molar-refractivity contribution is 0.577. The Kier molecular flexibility index (Phi) is 4.36. The molecule has 0 spiro atoms. The molecule has 0 aliphatic carbocycles. The molecule has 0 bridgehead atoms. The lowest BCUT2D eigenvalue weighted by Gasteiger charge is -2.27. The summed E-state index contributed by atoms with van der Waals surface area (Å²) in [6.45, 7) is 5.82. The van der Waals surface area contributed by atoms with Gasteiger partial charge in [0.05, 0.1) is 23.4 Å². The third-order valence-corrected chi connectivity index (χ3v) is 4.64. The number of rotatable bonds is 4. The highest BCUT2D eigenvalue weighted by atomic mass is 32.2. The Hall–Kier alpha value is -1.21. The third-order valence-electron chi connectivity index (χ3n) is 3.03. The van der Waals surface area contributed by atoms with Crippen molar-refractivity contribution in [2.75, 3.05) is 29.5 Å². The van der Waals surface area contributed by atoms with E-state index in [9.17, 15) is 8.42 Å². The fourth-order valence-electron chi connectivity index (χ4n) is 1.88. The number of hydrogen-bond donors (Lipinski definition) is 1. The highest BCUT2D eigenvalue weighted by molar-refractivity contribution is 7.91. The minimum atomic E-state index is -2.86. The Bertz CT molecular complexity index is 516. The van der Waals surface area contributed by atoms with E-state index in [1.807, 2.05) is 4.90 Å². The summed E-state index contributed by atoms with van der Waals surface area (Å²) in [7, 11) is -2.86. The molecular formula is C12H20N4O2S. The molecule has 1 aliphatic rings. The highest BCUT2D eigenvalue weighted by Gasteiger charge is 2.22. The molecule has 0 aromatic carbocycles. The normalized spacial score (nSPS) is 18.8. The molecule has 0 amide bonds. The van der Waals surface area contributed by atoms with Crippen LogP contribution in [0.15, 0.2) is 12.4 Å². The van der Waals surface area contributed by atoms with Gasteiger partial charge in [0.1, 0.15) is 5.82 Å². The number of hydrogen-bond acceptors (Lipinski definition) is 6. The van der Waals surface area contributed by atoms with Crippen LogP contribution in [0.4, 0.5) is 5.82 Å². The lowest BCUT2D eigenvalue weighted by atomic mass is 10.3. The smallest absolute Gasteiger partial charge is 0.153 e. The Balaban J connectivity index is 2.03. The Morgan fingerprint density at radius 2 is 2.00 bits per heavy atom. The Morgan fingerprint density at radius 1 is 1.32 bits per heavy atom. The second kappa shape index (κ2) is 5.83. The van der Waals surface area contributed by atoms with Crippen LogP contribution in [0.1, 0.15) is 19.5 Å². The zero-order valence-corrected chi connectivity index (χ0v) is 12.2. The molecule has 1 aromatic rings. The van der Waals surface area contributed by atoms with Crippen LogP contribution < -0.4 is 10.2 Å². The first kappa shape index (κ1) is 14.2. The largest absolute Gasteiger partial charge is 0.353 e. The van der Waals surface area contributed by atoms with Crippen molar-refractivity contribution in [3.63, 3.8) is 0 Å². The van der Waals surface area contributed by atoms with Crippen molar-refractivity contribution in [3.8, 4) is 0 Å². The highest BCUT2D eigenvalue weighted by Crippen LogP contribution is 2.13. The van der Waals surface area contributed by atoms with Crippen LogP contribution in [-0.4, -0.2) is 49.0 Å². The molecule has 1 N–H and O–H groups in total. The minimum Gasteiger partial charge on any atom is -0.353 e. The van der Waals surface area contributed by atoms with Gasteiger partial charge < -0.3 is 10.2 Å². The number of anilines is 1. The molecule has 7 heteroatoms. The van der Waals surface area contributed by atoms with Gasteiger partial charge in [-0.15, -0.1) is 0 Å². The SMILES string of the molecule is CC(C)NCc1cncc(N2CCS(=O)(=O)CC2)n1. The summed E-state index contributed by atoms with van der Waals surface area (Å²) in [6.07, 6.45) is 3.43. The molecule has 1 fully saturated rings. The first-order valence-corrected chi connectivity index (χ1v) is 8.28. The third kappa shape index (κ3) is 4.14. The number of aromatic nitrogens is 2. The van der Waals surface area contributed by atoms with Crippen LogP contribution in [0.25, 0.3) is 0 Å². The van der Waals surface area contributed by atoms with E-state index >= 15 is 0 Å². The van der Waals surface area contributed by atoms with E-state index in [4.69, 9.17) is 0 Å². The van der Waals surface area contributed by atoms with Gasteiger partial charge in [-0.1, -0.05) is 13.8 Å². The van der Waals surface area contributed by atoms with Gasteiger partial charge in [-0.2, -0.15) is 0 Å². The van der Waals surface area contributed by atoms with E-state index in [0.717, 1.165) is 11.5 Å². The van der Waals surface area contributed by atoms with Gasteiger partial charge >= 0.3 is 0 Å². The number of sulfone groups is 1. The Morgan fingerprint density at radius 3 is 2.63 bits per heavy atom. The summed E-state index contributed by atoms with van der Waals surface area (Å²) < 4.78 is 22.8. The van der Waals surface area contributed by atoms with Crippen molar-refractivity contribution >= 4 is 15.7 Å². The summed E-state index contributed by atoms with van der Waals surface area (Å²) in [5, 5.41) is 3.29. The predicted octanol–water partition coefficient (Wildman–Crippen LogP) is 0.209. The average Bonchev–Trinajstić information content (AvgIpc) is 2.37. The molecule has 0 atom stereocenters. The molecule has 1 aliphatic heterocycles. The molecular weight excluding hydrogens is 264 g/mol. The molecule has 2 rings (SSSR count).